The number of benzene rings is 1. The first kappa shape index (κ1) is 18.4. The van der Waals surface area contributed by atoms with E-state index in [0.29, 0.717) is 24.5 Å². The Morgan fingerprint density at radius 1 is 1.42 bits per heavy atom. The molecule has 24 heavy (non-hydrogen) atoms. The van der Waals surface area contributed by atoms with Crippen LogP contribution in [0.15, 0.2) is 12.1 Å². The molecule has 1 amide bonds. The molecule has 2 atom stereocenters. The van der Waals surface area contributed by atoms with Crippen LogP contribution in [0.4, 0.5) is 5.69 Å². The molecule has 1 aliphatic rings. The number of nitrogens with zero attached hydrogens (tertiary/aromatic N) is 1. The second kappa shape index (κ2) is 8.21. The maximum Gasteiger partial charge on any atom is 0.256 e. The highest BCUT2D eigenvalue weighted by atomic mass is 16.5. The predicted molar refractivity (Wildman–Crippen MR) is 90.3 cm³/mol. The van der Waals surface area contributed by atoms with Gasteiger partial charge in [-0.05, 0) is 18.9 Å². The van der Waals surface area contributed by atoms with Gasteiger partial charge >= 0.3 is 0 Å². The normalized spacial score (nSPS) is 20.2. The summed E-state index contributed by atoms with van der Waals surface area (Å²) in [6.07, 6.45) is 1.64. The van der Waals surface area contributed by atoms with Crippen molar-refractivity contribution >= 4 is 11.6 Å². The van der Waals surface area contributed by atoms with Gasteiger partial charge in [0.15, 0.2) is 11.5 Å². The van der Waals surface area contributed by atoms with Gasteiger partial charge in [-0.25, -0.2) is 0 Å². The minimum atomic E-state index is -0.633. The van der Waals surface area contributed by atoms with Crippen LogP contribution in [0.5, 0.6) is 11.5 Å². The van der Waals surface area contributed by atoms with Crippen molar-refractivity contribution in [3.8, 4) is 11.5 Å². The first-order chi connectivity index (χ1) is 11.5. The molecule has 4 N–H and O–H groups in total. The Hall–Kier alpha value is -1.99. The number of likely N-dealkylation sites (tertiary alicyclic amines) is 1. The minimum absolute atomic E-state index is 0.181. The highest BCUT2D eigenvalue weighted by molar-refractivity contribution is 6.00. The third kappa shape index (κ3) is 3.91. The van der Waals surface area contributed by atoms with Gasteiger partial charge in [-0.1, -0.05) is 13.3 Å². The summed E-state index contributed by atoms with van der Waals surface area (Å²) in [4.78, 5) is 14.2. The Kier molecular flexibility index (Phi) is 6.28. The van der Waals surface area contributed by atoms with Crippen LogP contribution < -0.4 is 15.2 Å². The molecule has 7 heteroatoms. The van der Waals surface area contributed by atoms with Crippen molar-refractivity contribution in [3.05, 3.63) is 17.7 Å². The van der Waals surface area contributed by atoms with Crippen LogP contribution >= 0.6 is 0 Å². The molecule has 1 aliphatic heterocycles. The first-order valence-electron chi connectivity index (χ1n) is 8.22. The van der Waals surface area contributed by atoms with E-state index >= 15 is 0 Å². The number of amides is 1. The third-order valence-electron chi connectivity index (χ3n) is 4.19. The number of anilines is 1. The number of hydrogen-bond donors (Lipinski definition) is 3. The number of carbonyl (C=O) groups excluding carboxylic acids is 1. The number of aliphatic hydroxyl groups is 2. The van der Waals surface area contributed by atoms with Crippen molar-refractivity contribution in [3.63, 3.8) is 0 Å². The molecular formula is C17H26N2O5. The Balaban J connectivity index is 2.25. The maximum atomic E-state index is 12.7. The van der Waals surface area contributed by atoms with Crippen molar-refractivity contribution in [2.24, 2.45) is 0 Å². The summed E-state index contributed by atoms with van der Waals surface area (Å²) in [7, 11) is 1.50. The van der Waals surface area contributed by atoms with Gasteiger partial charge in [0.25, 0.3) is 5.91 Å². The fourth-order valence-electron chi connectivity index (χ4n) is 2.83. The van der Waals surface area contributed by atoms with Crippen molar-refractivity contribution in [2.75, 3.05) is 32.6 Å². The van der Waals surface area contributed by atoms with Gasteiger partial charge in [-0.2, -0.15) is 0 Å². The zero-order chi connectivity index (χ0) is 17.7. The molecule has 1 aromatic rings. The molecule has 134 valence electrons. The SMILES string of the molecule is CCCCOc1cc(N)c(C(=O)N2C[C@H](O)C[C@H]2CO)cc1OC. The van der Waals surface area contributed by atoms with Gasteiger partial charge in [0, 0.05) is 18.3 Å². The number of aliphatic hydroxyl groups excluding tert-OH is 2. The largest absolute Gasteiger partial charge is 0.493 e. The van der Waals surface area contributed by atoms with Gasteiger partial charge in [-0.3, -0.25) is 4.79 Å². The standard InChI is InChI=1S/C17H26N2O5/c1-3-4-5-24-16-8-14(18)13(7-15(16)23-2)17(22)19-9-12(21)6-11(19)10-20/h7-8,11-12,20-21H,3-6,9-10,18H2,1-2H3/t11-,12+/m0/s1. The zero-order valence-electron chi connectivity index (χ0n) is 14.2. The number of nitrogens with two attached hydrogens (primary N) is 1. The smallest absolute Gasteiger partial charge is 0.256 e. The molecular weight excluding hydrogens is 312 g/mol. The Morgan fingerprint density at radius 2 is 2.17 bits per heavy atom. The number of nitrogen functional groups attached to an aromatic ring is 1. The van der Waals surface area contributed by atoms with Crippen LogP contribution in [0, 0.1) is 0 Å². The zero-order valence-corrected chi connectivity index (χ0v) is 14.2. The van der Waals surface area contributed by atoms with E-state index in [9.17, 15) is 15.0 Å². The van der Waals surface area contributed by atoms with Crippen molar-refractivity contribution in [2.45, 2.75) is 38.3 Å². The fraction of sp³-hybridized carbons (Fsp3) is 0.588. The number of ether oxygens (including phenoxy) is 2. The molecule has 0 bridgehead atoms. The van der Waals surface area contributed by atoms with Gasteiger partial charge in [0.2, 0.25) is 0 Å². The molecule has 0 aliphatic carbocycles. The number of rotatable bonds is 7. The van der Waals surface area contributed by atoms with E-state index in [4.69, 9.17) is 15.2 Å². The fourth-order valence-corrected chi connectivity index (χ4v) is 2.83. The van der Waals surface area contributed by atoms with Gasteiger partial charge in [0.1, 0.15) is 0 Å². The van der Waals surface area contributed by atoms with Gasteiger partial charge in [-0.15, -0.1) is 0 Å². The lowest BCUT2D eigenvalue weighted by Crippen LogP contribution is -2.38. The second-order valence-electron chi connectivity index (χ2n) is 5.98. The van der Waals surface area contributed by atoms with E-state index in [1.165, 1.54) is 12.0 Å². The Labute approximate surface area is 142 Å². The van der Waals surface area contributed by atoms with Crippen LogP contribution in [0.25, 0.3) is 0 Å². The van der Waals surface area contributed by atoms with E-state index < -0.39 is 12.1 Å². The summed E-state index contributed by atoms with van der Waals surface area (Å²) in [5.74, 6) is 0.602. The van der Waals surface area contributed by atoms with Crippen molar-refractivity contribution in [1.82, 2.24) is 4.90 Å². The average molecular weight is 338 g/mol. The van der Waals surface area contributed by atoms with Crippen LogP contribution in [0.1, 0.15) is 36.5 Å². The van der Waals surface area contributed by atoms with E-state index in [-0.39, 0.29) is 30.3 Å². The highest BCUT2D eigenvalue weighted by Gasteiger charge is 2.35. The number of methoxy groups -OCH3 is 1. The topological polar surface area (TPSA) is 105 Å². The van der Waals surface area contributed by atoms with E-state index in [1.54, 1.807) is 12.1 Å². The number of hydrogen-bond acceptors (Lipinski definition) is 6. The van der Waals surface area contributed by atoms with Crippen LogP contribution in [-0.4, -0.2) is 60.0 Å². The highest BCUT2D eigenvalue weighted by Crippen LogP contribution is 2.34. The lowest BCUT2D eigenvalue weighted by atomic mass is 10.1. The molecule has 1 aromatic carbocycles. The summed E-state index contributed by atoms with van der Waals surface area (Å²) < 4.78 is 11.0. The van der Waals surface area contributed by atoms with Crippen molar-refractivity contribution in [1.29, 1.82) is 0 Å². The van der Waals surface area contributed by atoms with Crippen LogP contribution in [0.2, 0.25) is 0 Å². The summed E-state index contributed by atoms with van der Waals surface area (Å²) >= 11 is 0. The first-order valence-corrected chi connectivity index (χ1v) is 8.22. The molecule has 0 spiro atoms. The monoisotopic (exact) mass is 338 g/mol. The van der Waals surface area contributed by atoms with E-state index in [2.05, 4.69) is 6.92 Å². The number of carbonyl (C=O) groups is 1. The third-order valence-corrected chi connectivity index (χ3v) is 4.19. The molecule has 7 nitrogen and oxygen atoms in total. The summed E-state index contributed by atoms with van der Waals surface area (Å²) in [6, 6.07) is 2.73. The van der Waals surface area contributed by atoms with Crippen LogP contribution in [0.3, 0.4) is 0 Å². The minimum Gasteiger partial charge on any atom is -0.493 e. The predicted octanol–water partition coefficient (Wildman–Crippen LogP) is 1.02. The van der Waals surface area contributed by atoms with Crippen LogP contribution in [-0.2, 0) is 0 Å². The van der Waals surface area contributed by atoms with Crippen molar-refractivity contribution < 1.29 is 24.5 Å². The lowest BCUT2D eigenvalue weighted by molar-refractivity contribution is 0.0665. The maximum absolute atomic E-state index is 12.7. The van der Waals surface area contributed by atoms with E-state index in [0.717, 1.165) is 12.8 Å². The second-order valence-corrected chi connectivity index (χ2v) is 5.98. The molecule has 0 radical (unpaired) electrons. The molecule has 0 unspecified atom stereocenters. The summed E-state index contributed by atoms with van der Waals surface area (Å²) in [6.45, 7) is 2.60. The quantitative estimate of drug-likeness (QED) is 0.506. The van der Waals surface area contributed by atoms with Gasteiger partial charge in [0.05, 0.1) is 38.0 Å². The molecule has 1 saturated heterocycles. The summed E-state index contributed by atoms with van der Waals surface area (Å²) in [5, 5.41) is 19.2. The van der Waals surface area contributed by atoms with Gasteiger partial charge < -0.3 is 30.3 Å². The van der Waals surface area contributed by atoms with E-state index in [1.807, 2.05) is 0 Å². The molecule has 1 heterocycles. The molecule has 2 rings (SSSR count). The molecule has 0 saturated carbocycles. The Morgan fingerprint density at radius 3 is 2.79 bits per heavy atom. The average Bonchev–Trinajstić information content (AvgIpc) is 2.95. The number of β-amino-alcohol motifs (C(OH)–C–C–N with tert-alkyl or cyclic N) is 1. The molecule has 1 fully saturated rings. The Bertz CT molecular complexity index is 578. The summed E-state index contributed by atoms with van der Waals surface area (Å²) in [5.41, 5.74) is 6.59. The molecule has 0 aromatic heterocycles. The lowest BCUT2D eigenvalue weighted by Gasteiger charge is -2.24. The number of unbranched alkanes of at least 4 members (excludes halogenated alkanes) is 1.